The van der Waals surface area contributed by atoms with Crippen molar-refractivity contribution in [1.82, 2.24) is 0 Å². The highest BCUT2D eigenvalue weighted by Gasteiger charge is 2.27. The summed E-state index contributed by atoms with van der Waals surface area (Å²) >= 11 is 0. The van der Waals surface area contributed by atoms with Crippen molar-refractivity contribution >= 4 is 6.21 Å². The minimum atomic E-state index is 0.130. The van der Waals surface area contributed by atoms with Crippen LogP contribution in [0.15, 0.2) is 47.5 Å². The topological polar surface area (TPSA) is 55.5 Å². The predicted octanol–water partition coefficient (Wildman–Crippen LogP) is 2.25. The number of phenols is 1. The molecule has 138 valence electrons. The number of methoxy groups -OCH3 is 2. The number of rotatable bonds is 7. The number of hydrogen-bond acceptors (Lipinski definition) is 4. The molecule has 1 atom stereocenters. The summed E-state index contributed by atoms with van der Waals surface area (Å²) in [6, 6.07) is 14.0. The number of nitrogens with zero attached hydrogens (tertiary/aromatic N) is 1. The standard InChI is InChI=1S/C21H26N2O3/c1-25-18-9-5-7-16(13-18)19(23-11-3-4-12-23)15-22-14-17-8-6-10-20(26-2)21(17)24/h5-10,13-14,19,24H,3-4,11-12,15H2,1-2H3/p+1/t19-/m0/s1. The molecule has 2 N–H and O–H groups in total. The molecule has 2 aromatic carbocycles. The lowest BCUT2D eigenvalue weighted by Crippen LogP contribution is -3.10. The number of phenolic OH excluding ortho intramolecular Hbond substituents is 1. The Kier molecular flexibility index (Phi) is 6.12. The van der Waals surface area contributed by atoms with Crippen LogP contribution >= 0.6 is 0 Å². The van der Waals surface area contributed by atoms with Crippen LogP contribution in [0.4, 0.5) is 0 Å². The zero-order valence-corrected chi connectivity index (χ0v) is 15.4. The van der Waals surface area contributed by atoms with Crippen LogP contribution < -0.4 is 14.4 Å². The fourth-order valence-electron chi connectivity index (χ4n) is 3.57. The molecule has 1 fully saturated rings. The van der Waals surface area contributed by atoms with Crippen LogP contribution in [0.3, 0.4) is 0 Å². The van der Waals surface area contributed by atoms with Gasteiger partial charge in [-0.1, -0.05) is 18.2 Å². The molecule has 0 unspecified atom stereocenters. The van der Waals surface area contributed by atoms with Crippen molar-refractivity contribution in [3.8, 4) is 17.2 Å². The summed E-state index contributed by atoms with van der Waals surface area (Å²) in [4.78, 5) is 6.21. The molecule has 0 amide bonds. The molecule has 5 heteroatoms. The normalized spacial score (nSPS) is 16.1. The van der Waals surface area contributed by atoms with Gasteiger partial charge in [-0.25, -0.2) is 0 Å². The first-order valence-corrected chi connectivity index (χ1v) is 9.07. The van der Waals surface area contributed by atoms with E-state index in [1.54, 1.807) is 31.4 Å². The highest BCUT2D eigenvalue weighted by Crippen LogP contribution is 2.28. The van der Waals surface area contributed by atoms with Gasteiger partial charge < -0.3 is 19.5 Å². The van der Waals surface area contributed by atoms with Gasteiger partial charge in [0.1, 0.15) is 11.8 Å². The van der Waals surface area contributed by atoms with E-state index < -0.39 is 0 Å². The zero-order chi connectivity index (χ0) is 18.4. The molecule has 2 aromatic rings. The van der Waals surface area contributed by atoms with Crippen molar-refractivity contribution in [2.75, 3.05) is 33.9 Å². The number of aliphatic imine (C=N–C) groups is 1. The zero-order valence-electron chi connectivity index (χ0n) is 15.4. The number of likely N-dealkylation sites (tertiary alicyclic amines) is 1. The molecule has 0 saturated carbocycles. The molecule has 26 heavy (non-hydrogen) atoms. The summed E-state index contributed by atoms with van der Waals surface area (Å²) < 4.78 is 10.5. The van der Waals surface area contributed by atoms with E-state index in [0.717, 1.165) is 5.75 Å². The number of aromatic hydroxyl groups is 1. The van der Waals surface area contributed by atoms with Crippen molar-refractivity contribution in [2.24, 2.45) is 4.99 Å². The van der Waals surface area contributed by atoms with Crippen LogP contribution in [-0.4, -0.2) is 45.2 Å². The average Bonchev–Trinajstić information content (AvgIpc) is 3.21. The van der Waals surface area contributed by atoms with Gasteiger partial charge in [0.25, 0.3) is 0 Å². The number of benzene rings is 2. The molecule has 1 aliphatic rings. The van der Waals surface area contributed by atoms with Gasteiger partial charge in [0.2, 0.25) is 0 Å². The lowest BCUT2D eigenvalue weighted by molar-refractivity contribution is -0.918. The van der Waals surface area contributed by atoms with E-state index >= 15 is 0 Å². The molecule has 0 spiro atoms. The summed E-state index contributed by atoms with van der Waals surface area (Å²) in [5.74, 6) is 1.47. The molecule has 0 radical (unpaired) electrons. The third kappa shape index (κ3) is 4.17. The van der Waals surface area contributed by atoms with Crippen molar-refractivity contribution in [3.63, 3.8) is 0 Å². The van der Waals surface area contributed by atoms with Crippen LogP contribution in [0, 0.1) is 0 Å². The van der Waals surface area contributed by atoms with Crippen molar-refractivity contribution in [1.29, 1.82) is 0 Å². The van der Waals surface area contributed by atoms with E-state index in [0.29, 0.717) is 17.9 Å². The predicted molar refractivity (Wildman–Crippen MR) is 103 cm³/mol. The molecule has 1 aliphatic heterocycles. The second-order valence-corrected chi connectivity index (χ2v) is 6.59. The third-order valence-electron chi connectivity index (χ3n) is 5.00. The van der Waals surface area contributed by atoms with Crippen molar-refractivity contribution in [2.45, 2.75) is 18.9 Å². The highest BCUT2D eigenvalue weighted by atomic mass is 16.5. The molecule has 1 heterocycles. The molecular weight excluding hydrogens is 328 g/mol. The lowest BCUT2D eigenvalue weighted by Gasteiger charge is -2.24. The number of hydrogen-bond donors (Lipinski definition) is 2. The van der Waals surface area contributed by atoms with Crippen LogP contribution in [0.2, 0.25) is 0 Å². The fourth-order valence-corrected chi connectivity index (χ4v) is 3.57. The molecule has 0 bridgehead atoms. The second kappa shape index (κ2) is 8.72. The van der Waals surface area contributed by atoms with Gasteiger partial charge in [-0.15, -0.1) is 0 Å². The molecular formula is C21H27N2O3+. The minimum absolute atomic E-state index is 0.130. The van der Waals surface area contributed by atoms with Crippen LogP contribution in [0.1, 0.15) is 30.0 Å². The monoisotopic (exact) mass is 355 g/mol. The molecule has 0 aromatic heterocycles. The molecule has 1 saturated heterocycles. The minimum Gasteiger partial charge on any atom is -0.504 e. The van der Waals surface area contributed by atoms with Crippen LogP contribution in [0.25, 0.3) is 0 Å². The van der Waals surface area contributed by atoms with Gasteiger partial charge in [-0.05, 0) is 24.3 Å². The van der Waals surface area contributed by atoms with E-state index in [9.17, 15) is 5.11 Å². The van der Waals surface area contributed by atoms with E-state index in [4.69, 9.17) is 9.47 Å². The number of ether oxygens (including phenoxy) is 2. The van der Waals surface area contributed by atoms with Crippen molar-refractivity contribution in [3.05, 3.63) is 53.6 Å². The smallest absolute Gasteiger partial charge is 0.166 e. The molecule has 3 rings (SSSR count). The number of para-hydroxylation sites is 1. The van der Waals surface area contributed by atoms with E-state index in [1.807, 2.05) is 24.3 Å². The molecule has 0 aliphatic carbocycles. The Balaban J connectivity index is 1.80. The van der Waals surface area contributed by atoms with Gasteiger partial charge in [-0.3, -0.25) is 4.99 Å². The van der Waals surface area contributed by atoms with E-state index in [-0.39, 0.29) is 11.8 Å². The first kappa shape index (κ1) is 18.3. The maximum Gasteiger partial charge on any atom is 0.166 e. The summed E-state index contributed by atoms with van der Waals surface area (Å²) in [6.45, 7) is 3.00. The van der Waals surface area contributed by atoms with Gasteiger partial charge in [-0.2, -0.15) is 0 Å². The Morgan fingerprint density at radius 3 is 2.62 bits per heavy atom. The summed E-state index contributed by atoms with van der Waals surface area (Å²) in [7, 11) is 3.24. The van der Waals surface area contributed by atoms with Gasteiger partial charge >= 0.3 is 0 Å². The summed E-state index contributed by atoms with van der Waals surface area (Å²) in [6.07, 6.45) is 4.26. The Labute approximate surface area is 154 Å². The first-order valence-electron chi connectivity index (χ1n) is 9.07. The molecule has 5 nitrogen and oxygen atoms in total. The first-order chi connectivity index (χ1) is 12.7. The highest BCUT2D eigenvalue weighted by molar-refractivity contribution is 5.84. The largest absolute Gasteiger partial charge is 0.504 e. The third-order valence-corrected chi connectivity index (χ3v) is 5.00. The Morgan fingerprint density at radius 2 is 1.88 bits per heavy atom. The fraction of sp³-hybridized carbons (Fsp3) is 0.381. The maximum atomic E-state index is 10.2. The summed E-state index contributed by atoms with van der Waals surface area (Å²) in [5.41, 5.74) is 1.92. The van der Waals surface area contributed by atoms with Gasteiger partial charge in [0, 0.05) is 30.2 Å². The SMILES string of the molecule is COc1cccc([C@H](CN=Cc2cccc(OC)c2O)[NH+]2CCCC2)c1. The van der Waals surface area contributed by atoms with Crippen LogP contribution in [-0.2, 0) is 0 Å². The summed E-state index contributed by atoms with van der Waals surface area (Å²) in [5, 5.41) is 10.2. The van der Waals surface area contributed by atoms with E-state index in [1.165, 1.54) is 31.5 Å². The van der Waals surface area contributed by atoms with Crippen LogP contribution in [0.5, 0.6) is 17.2 Å². The average molecular weight is 355 g/mol. The maximum absolute atomic E-state index is 10.2. The number of nitrogens with one attached hydrogen (secondary N) is 1. The Morgan fingerprint density at radius 1 is 1.12 bits per heavy atom. The lowest BCUT2D eigenvalue weighted by atomic mass is 10.1. The second-order valence-electron chi connectivity index (χ2n) is 6.59. The van der Waals surface area contributed by atoms with Gasteiger partial charge in [0.15, 0.2) is 11.5 Å². The number of quaternary nitrogens is 1. The van der Waals surface area contributed by atoms with E-state index in [2.05, 4.69) is 17.1 Å². The quantitative estimate of drug-likeness (QED) is 0.749. The Bertz CT molecular complexity index is 755. The Hall–Kier alpha value is -2.53. The van der Waals surface area contributed by atoms with Gasteiger partial charge in [0.05, 0.1) is 33.9 Å². The van der Waals surface area contributed by atoms with Crippen molar-refractivity contribution < 1.29 is 19.5 Å².